The van der Waals surface area contributed by atoms with Gasteiger partial charge >= 0.3 is 0 Å². The van der Waals surface area contributed by atoms with Gasteiger partial charge in [0.2, 0.25) is 5.69 Å². The number of nitrogens with one attached hydrogen (secondary N) is 1. The molecule has 1 aromatic carbocycles. The average molecular weight is 173 g/mol. The van der Waals surface area contributed by atoms with E-state index >= 15 is 0 Å². The molecule has 1 aliphatic rings. The first-order chi connectivity index (χ1) is 6.25. The molecule has 1 aliphatic heterocycles. The van der Waals surface area contributed by atoms with E-state index in [1.807, 2.05) is 18.2 Å². The topological polar surface area (TPSA) is 26.3 Å². The molecule has 2 rings (SSSR count). The van der Waals surface area contributed by atoms with E-state index in [-0.39, 0.29) is 0 Å². The van der Waals surface area contributed by atoms with Gasteiger partial charge < -0.3 is 0 Å². The summed E-state index contributed by atoms with van der Waals surface area (Å²) < 4.78 is 0. The van der Waals surface area contributed by atoms with Gasteiger partial charge in [-0.2, -0.15) is 0 Å². The van der Waals surface area contributed by atoms with Crippen molar-refractivity contribution in [1.29, 1.82) is 0 Å². The molecule has 2 heteroatoms. The van der Waals surface area contributed by atoms with Crippen molar-refractivity contribution in [1.82, 2.24) is 0 Å². The van der Waals surface area contributed by atoms with Crippen LogP contribution in [0, 0.1) is 0 Å². The summed E-state index contributed by atoms with van der Waals surface area (Å²) in [6.07, 6.45) is 0.939. The molecule has 0 fully saturated rings. The van der Waals surface area contributed by atoms with Gasteiger partial charge in [0.1, 0.15) is 5.69 Å². The molecule has 0 atom stereocenters. The van der Waals surface area contributed by atoms with E-state index in [0.29, 0.717) is 0 Å². The maximum absolute atomic E-state index is 4.52. The molecule has 0 aliphatic carbocycles. The van der Waals surface area contributed by atoms with Gasteiger partial charge in [-0.1, -0.05) is 12.1 Å². The van der Waals surface area contributed by atoms with E-state index in [4.69, 9.17) is 0 Å². The van der Waals surface area contributed by atoms with Crippen molar-refractivity contribution in [3.8, 4) is 0 Å². The summed E-state index contributed by atoms with van der Waals surface area (Å²) in [6, 6.07) is 8.12. The summed E-state index contributed by atoms with van der Waals surface area (Å²) in [5, 5.41) is 0. The van der Waals surface area contributed by atoms with Crippen LogP contribution >= 0.6 is 0 Å². The van der Waals surface area contributed by atoms with Gasteiger partial charge in [0.15, 0.2) is 5.71 Å². The third-order valence-electron chi connectivity index (χ3n) is 2.08. The van der Waals surface area contributed by atoms with E-state index < -0.39 is 0 Å². The Morgan fingerprint density at radius 1 is 1.23 bits per heavy atom. The third-order valence-corrected chi connectivity index (χ3v) is 2.08. The van der Waals surface area contributed by atoms with Gasteiger partial charge in [0, 0.05) is 18.7 Å². The number of aliphatic imine (C=N–C) groups is 1. The minimum Gasteiger partial charge on any atom is -0.251 e. The lowest BCUT2D eigenvalue weighted by Crippen LogP contribution is -2.65. The summed E-state index contributed by atoms with van der Waals surface area (Å²) in [6.45, 7) is 4.16. The highest BCUT2D eigenvalue weighted by Gasteiger charge is 2.11. The van der Waals surface area contributed by atoms with Gasteiger partial charge in [-0.25, -0.2) is 4.99 Å². The predicted molar refractivity (Wildman–Crippen MR) is 55.1 cm³/mol. The largest absolute Gasteiger partial charge is 0.251 e. The Morgan fingerprint density at radius 2 is 2.00 bits per heavy atom. The molecule has 1 aromatic rings. The molecule has 0 saturated carbocycles. The number of para-hydroxylation sites is 2. The number of fused-ring (bicyclic) bond motifs is 1. The van der Waals surface area contributed by atoms with Crippen LogP contribution in [0.2, 0.25) is 0 Å². The van der Waals surface area contributed by atoms with Crippen LogP contribution in [0.25, 0.3) is 0 Å². The highest BCUT2D eigenvalue weighted by Crippen LogP contribution is 2.20. The quantitative estimate of drug-likeness (QED) is 0.613. The maximum atomic E-state index is 4.52. The minimum atomic E-state index is 0.939. The Kier molecular flexibility index (Phi) is 1.97. The molecule has 0 radical (unpaired) electrons. The summed E-state index contributed by atoms with van der Waals surface area (Å²) in [7, 11) is 0. The number of benzene rings is 1. The molecule has 13 heavy (non-hydrogen) atoms. The lowest BCUT2D eigenvalue weighted by molar-refractivity contribution is -0.354. The van der Waals surface area contributed by atoms with Crippen LogP contribution < -0.4 is 4.99 Å². The lowest BCUT2D eigenvalue weighted by Gasteiger charge is -1.92. The highest BCUT2D eigenvalue weighted by molar-refractivity contribution is 6.02. The van der Waals surface area contributed by atoms with Crippen LogP contribution in [0.1, 0.15) is 20.3 Å². The van der Waals surface area contributed by atoms with Crippen LogP contribution in [0.15, 0.2) is 29.3 Å². The number of hydrogen-bond donors (Lipinski definition) is 1. The lowest BCUT2D eigenvalue weighted by atomic mass is 10.2. The molecule has 1 N–H and O–H groups in total. The SMILES string of the molecule is CC1=Nc2ccccc2[NH+]=C(C)C1. The van der Waals surface area contributed by atoms with E-state index in [1.165, 1.54) is 5.71 Å². The first-order valence-electron chi connectivity index (χ1n) is 4.48. The first kappa shape index (κ1) is 8.17. The molecule has 66 valence electrons. The molecule has 0 bridgehead atoms. The smallest absolute Gasteiger partial charge is 0.229 e. The minimum absolute atomic E-state index is 0.939. The van der Waals surface area contributed by atoms with Crippen molar-refractivity contribution in [3.63, 3.8) is 0 Å². The van der Waals surface area contributed by atoms with Crippen molar-refractivity contribution >= 4 is 22.8 Å². The van der Waals surface area contributed by atoms with Gasteiger partial charge in [0.05, 0.1) is 6.42 Å². The second-order valence-corrected chi connectivity index (χ2v) is 3.45. The second kappa shape index (κ2) is 3.13. The highest BCUT2D eigenvalue weighted by atomic mass is 14.9. The molecule has 0 spiro atoms. The molecule has 0 saturated heterocycles. The Labute approximate surface area is 78.0 Å². The van der Waals surface area contributed by atoms with Crippen LogP contribution in [0.4, 0.5) is 11.4 Å². The molecule has 0 unspecified atom stereocenters. The van der Waals surface area contributed by atoms with E-state index in [2.05, 4.69) is 29.9 Å². The monoisotopic (exact) mass is 173 g/mol. The summed E-state index contributed by atoms with van der Waals surface area (Å²) >= 11 is 0. The fourth-order valence-electron chi connectivity index (χ4n) is 1.58. The predicted octanol–water partition coefficient (Wildman–Crippen LogP) is 1.36. The number of nitrogens with zero attached hydrogens (tertiary/aromatic N) is 1. The Morgan fingerprint density at radius 3 is 2.85 bits per heavy atom. The molecule has 1 heterocycles. The summed E-state index contributed by atoms with van der Waals surface area (Å²) in [5.41, 5.74) is 4.56. The maximum Gasteiger partial charge on any atom is 0.229 e. The first-order valence-corrected chi connectivity index (χ1v) is 4.48. The Hall–Kier alpha value is -1.44. The van der Waals surface area contributed by atoms with Gasteiger partial charge in [-0.15, -0.1) is 0 Å². The molecule has 0 aromatic heterocycles. The van der Waals surface area contributed by atoms with Crippen LogP contribution in [-0.2, 0) is 0 Å². The second-order valence-electron chi connectivity index (χ2n) is 3.45. The van der Waals surface area contributed by atoms with Crippen molar-refractivity contribution in [2.45, 2.75) is 20.3 Å². The standard InChI is InChI=1S/C11H12N2/c1-8-7-9(2)13-11-6-4-3-5-10(11)12-8/h3-6H,7H2,1-2H3/p+1. The van der Waals surface area contributed by atoms with E-state index in [9.17, 15) is 0 Å². The normalized spacial score (nSPS) is 15.5. The van der Waals surface area contributed by atoms with E-state index in [1.54, 1.807) is 0 Å². The average Bonchev–Trinajstić information content (AvgIpc) is 2.20. The van der Waals surface area contributed by atoms with Gasteiger partial charge in [-0.3, -0.25) is 4.99 Å². The molecular weight excluding hydrogens is 160 g/mol. The Bertz CT molecular complexity index is 352. The van der Waals surface area contributed by atoms with Crippen molar-refractivity contribution in [3.05, 3.63) is 24.3 Å². The molecular formula is C11H13N2+. The van der Waals surface area contributed by atoms with Gasteiger partial charge in [0.25, 0.3) is 0 Å². The van der Waals surface area contributed by atoms with Crippen LogP contribution in [0.3, 0.4) is 0 Å². The fraction of sp³-hybridized carbons (Fsp3) is 0.273. The van der Waals surface area contributed by atoms with Crippen LogP contribution in [0.5, 0.6) is 0 Å². The van der Waals surface area contributed by atoms with Crippen molar-refractivity contribution in [2.24, 2.45) is 4.99 Å². The third kappa shape index (κ3) is 1.66. The fourth-order valence-corrected chi connectivity index (χ4v) is 1.58. The zero-order chi connectivity index (χ0) is 9.26. The van der Waals surface area contributed by atoms with Crippen LogP contribution in [-0.4, -0.2) is 11.4 Å². The van der Waals surface area contributed by atoms with E-state index in [0.717, 1.165) is 23.5 Å². The zero-order valence-electron chi connectivity index (χ0n) is 7.96. The number of hydrogen-bond acceptors (Lipinski definition) is 1. The van der Waals surface area contributed by atoms with Gasteiger partial charge in [-0.05, 0) is 13.0 Å². The van der Waals surface area contributed by atoms with Crippen molar-refractivity contribution < 1.29 is 4.99 Å². The number of rotatable bonds is 0. The molecule has 0 amide bonds. The molecule has 2 nitrogen and oxygen atoms in total. The van der Waals surface area contributed by atoms with Crippen molar-refractivity contribution in [2.75, 3.05) is 0 Å². The zero-order valence-corrected chi connectivity index (χ0v) is 7.96. The summed E-state index contributed by atoms with van der Waals surface area (Å²) in [5.74, 6) is 0. The summed E-state index contributed by atoms with van der Waals surface area (Å²) in [4.78, 5) is 7.88. The Balaban J connectivity index is 2.60.